The highest BCUT2D eigenvalue weighted by Gasteiger charge is 2.24. The molecule has 1 heterocycles. The minimum absolute atomic E-state index is 0.417. The quantitative estimate of drug-likeness (QED) is 0.770. The Balaban J connectivity index is 2.27. The minimum Gasteiger partial charge on any atom is -0.479 e. The summed E-state index contributed by atoms with van der Waals surface area (Å²) >= 11 is 2.08. The lowest BCUT2D eigenvalue weighted by molar-refractivity contribution is -0.139. The van der Waals surface area contributed by atoms with Crippen LogP contribution in [0.2, 0.25) is 0 Å². The van der Waals surface area contributed by atoms with E-state index in [1.54, 1.807) is 25.4 Å². The number of carbonyl (C=O) groups excluding carboxylic acids is 1. The van der Waals surface area contributed by atoms with Crippen LogP contribution in [0.25, 0.3) is 0 Å². The first-order valence-corrected chi connectivity index (χ1v) is 7.25. The van der Waals surface area contributed by atoms with E-state index in [1.807, 2.05) is 13.0 Å². The average molecular weight is 399 g/mol. The van der Waals surface area contributed by atoms with Crippen LogP contribution in [0, 0.1) is 10.5 Å². The van der Waals surface area contributed by atoms with E-state index >= 15 is 0 Å². The Morgan fingerprint density at radius 3 is 2.71 bits per heavy atom. The Labute approximate surface area is 135 Å². The van der Waals surface area contributed by atoms with E-state index in [-0.39, 0.29) is 0 Å². The molecule has 7 heteroatoms. The monoisotopic (exact) mass is 399 g/mol. The van der Waals surface area contributed by atoms with Crippen LogP contribution in [0.15, 0.2) is 30.6 Å². The number of benzene rings is 1. The fourth-order valence-corrected chi connectivity index (χ4v) is 2.51. The van der Waals surface area contributed by atoms with Gasteiger partial charge >= 0.3 is 5.97 Å². The number of aliphatic carboxylic acids is 1. The maximum atomic E-state index is 12.3. The number of nitrogens with one attached hydrogen (secondary N) is 1. The molecule has 2 rings (SSSR count). The Bertz CT molecular complexity index is 697. The molecule has 0 fully saturated rings. The van der Waals surface area contributed by atoms with Crippen molar-refractivity contribution < 1.29 is 14.7 Å². The van der Waals surface area contributed by atoms with Crippen molar-refractivity contribution in [3.05, 3.63) is 50.9 Å². The number of aromatic nitrogens is 2. The molecule has 0 aliphatic rings. The number of carboxylic acid groups (broad SMARTS) is 1. The lowest BCUT2D eigenvalue weighted by atomic mass is 10.1. The molecule has 1 atom stereocenters. The van der Waals surface area contributed by atoms with Gasteiger partial charge in [-0.25, -0.2) is 4.79 Å². The average Bonchev–Trinajstić information content (AvgIpc) is 2.84. The molecule has 0 aliphatic heterocycles. The number of amides is 1. The zero-order valence-electron chi connectivity index (χ0n) is 11.5. The van der Waals surface area contributed by atoms with Gasteiger partial charge in [0, 0.05) is 22.4 Å². The highest BCUT2D eigenvalue weighted by atomic mass is 127. The molecule has 1 unspecified atom stereocenters. The summed E-state index contributed by atoms with van der Waals surface area (Å²) in [6, 6.07) is 4.22. The molecule has 0 aliphatic carbocycles. The van der Waals surface area contributed by atoms with Crippen LogP contribution >= 0.6 is 22.6 Å². The predicted octanol–water partition coefficient (Wildman–Crippen LogP) is 1.89. The van der Waals surface area contributed by atoms with Crippen LogP contribution in [0.5, 0.6) is 0 Å². The third-order valence-corrected chi connectivity index (χ3v) is 4.45. The van der Waals surface area contributed by atoms with Crippen LogP contribution in [0.4, 0.5) is 0 Å². The number of carbonyl (C=O) groups is 2. The smallest absolute Gasteiger partial charge is 0.331 e. The first-order valence-electron chi connectivity index (χ1n) is 6.17. The van der Waals surface area contributed by atoms with Gasteiger partial charge < -0.3 is 10.4 Å². The molecule has 0 spiro atoms. The largest absolute Gasteiger partial charge is 0.479 e. The molecule has 21 heavy (non-hydrogen) atoms. The van der Waals surface area contributed by atoms with Gasteiger partial charge in [-0.15, -0.1) is 0 Å². The second kappa shape index (κ2) is 6.25. The summed E-state index contributed by atoms with van der Waals surface area (Å²) in [7, 11) is 1.69. The Hall–Kier alpha value is -1.90. The lowest BCUT2D eigenvalue weighted by Gasteiger charge is -2.14. The summed E-state index contributed by atoms with van der Waals surface area (Å²) in [6.07, 6.45) is 3.00. The molecule has 2 aromatic rings. The number of carboxylic acids is 1. The van der Waals surface area contributed by atoms with E-state index < -0.39 is 17.9 Å². The second-order valence-electron chi connectivity index (χ2n) is 4.63. The maximum Gasteiger partial charge on any atom is 0.331 e. The van der Waals surface area contributed by atoms with E-state index in [0.29, 0.717) is 11.1 Å². The molecule has 0 saturated carbocycles. The fraction of sp³-hybridized carbons (Fsp3) is 0.214. The Morgan fingerprint density at radius 2 is 2.14 bits per heavy atom. The number of aryl methyl sites for hydroxylation is 2. The molecular weight excluding hydrogens is 385 g/mol. The highest BCUT2D eigenvalue weighted by molar-refractivity contribution is 14.1. The lowest BCUT2D eigenvalue weighted by Crippen LogP contribution is -2.34. The molecule has 6 nitrogen and oxygen atoms in total. The van der Waals surface area contributed by atoms with E-state index in [1.165, 1.54) is 10.9 Å². The van der Waals surface area contributed by atoms with E-state index in [2.05, 4.69) is 33.0 Å². The topological polar surface area (TPSA) is 84.2 Å². The van der Waals surface area contributed by atoms with Gasteiger partial charge in [0.2, 0.25) is 0 Å². The molecule has 0 saturated heterocycles. The maximum absolute atomic E-state index is 12.3. The van der Waals surface area contributed by atoms with Gasteiger partial charge in [-0.3, -0.25) is 9.48 Å². The Kier molecular flexibility index (Phi) is 4.61. The van der Waals surface area contributed by atoms with Gasteiger partial charge in [0.15, 0.2) is 6.04 Å². The van der Waals surface area contributed by atoms with Crippen LogP contribution in [0.3, 0.4) is 0 Å². The summed E-state index contributed by atoms with van der Waals surface area (Å²) in [5.74, 6) is -1.54. The summed E-state index contributed by atoms with van der Waals surface area (Å²) in [5, 5.41) is 15.8. The molecular formula is C14H14IN3O3. The molecule has 0 radical (unpaired) electrons. The van der Waals surface area contributed by atoms with Crippen LogP contribution in [0.1, 0.15) is 27.5 Å². The standard InChI is InChI=1S/C14H14IN3O3/c1-8-4-3-5-10(11(8)15)13(19)17-12(14(20)21)9-6-16-18(2)7-9/h3-7,12H,1-2H3,(H,17,19)(H,20,21). The predicted molar refractivity (Wildman–Crippen MR) is 84.9 cm³/mol. The normalized spacial score (nSPS) is 12.0. The number of nitrogens with zero attached hydrogens (tertiary/aromatic N) is 2. The van der Waals surface area contributed by atoms with Crippen molar-refractivity contribution in [2.75, 3.05) is 0 Å². The summed E-state index contributed by atoms with van der Waals surface area (Å²) < 4.78 is 2.30. The number of hydrogen-bond donors (Lipinski definition) is 2. The fourth-order valence-electron chi connectivity index (χ4n) is 1.91. The van der Waals surface area contributed by atoms with Crippen LogP contribution in [-0.4, -0.2) is 26.8 Å². The van der Waals surface area contributed by atoms with Gasteiger partial charge in [-0.05, 0) is 41.1 Å². The second-order valence-corrected chi connectivity index (χ2v) is 5.71. The van der Waals surface area contributed by atoms with Gasteiger partial charge in [-0.2, -0.15) is 5.10 Å². The first kappa shape index (κ1) is 15.5. The first-order chi connectivity index (χ1) is 9.90. The Morgan fingerprint density at radius 1 is 1.43 bits per heavy atom. The van der Waals surface area contributed by atoms with Gasteiger partial charge in [0.25, 0.3) is 5.91 Å². The summed E-state index contributed by atoms with van der Waals surface area (Å²) in [6.45, 7) is 1.90. The van der Waals surface area contributed by atoms with Crippen molar-refractivity contribution in [3.8, 4) is 0 Å². The van der Waals surface area contributed by atoms with Crippen molar-refractivity contribution in [2.45, 2.75) is 13.0 Å². The highest BCUT2D eigenvalue weighted by Crippen LogP contribution is 2.19. The van der Waals surface area contributed by atoms with Crippen molar-refractivity contribution in [1.29, 1.82) is 0 Å². The van der Waals surface area contributed by atoms with Gasteiger partial charge in [0.05, 0.1) is 11.8 Å². The zero-order chi connectivity index (χ0) is 15.6. The number of hydrogen-bond acceptors (Lipinski definition) is 3. The molecule has 0 bridgehead atoms. The SMILES string of the molecule is Cc1cccc(C(=O)NC(C(=O)O)c2cnn(C)c2)c1I. The van der Waals surface area contributed by atoms with Gasteiger partial charge in [0.1, 0.15) is 0 Å². The molecule has 1 amide bonds. The molecule has 1 aromatic heterocycles. The van der Waals surface area contributed by atoms with Crippen LogP contribution < -0.4 is 5.32 Å². The zero-order valence-corrected chi connectivity index (χ0v) is 13.7. The van der Waals surface area contributed by atoms with Crippen molar-refractivity contribution in [1.82, 2.24) is 15.1 Å². The molecule has 110 valence electrons. The van der Waals surface area contributed by atoms with Crippen molar-refractivity contribution in [3.63, 3.8) is 0 Å². The number of rotatable bonds is 4. The van der Waals surface area contributed by atoms with Crippen LogP contribution in [-0.2, 0) is 11.8 Å². The van der Waals surface area contributed by atoms with E-state index in [9.17, 15) is 14.7 Å². The van der Waals surface area contributed by atoms with Gasteiger partial charge in [-0.1, -0.05) is 12.1 Å². The van der Waals surface area contributed by atoms with E-state index in [4.69, 9.17) is 0 Å². The van der Waals surface area contributed by atoms with E-state index in [0.717, 1.165) is 9.13 Å². The summed E-state index contributed by atoms with van der Waals surface area (Å²) in [5.41, 5.74) is 1.86. The molecule has 1 aromatic carbocycles. The van der Waals surface area contributed by atoms with Crippen molar-refractivity contribution in [2.24, 2.45) is 7.05 Å². The minimum atomic E-state index is -1.13. The third-order valence-electron chi connectivity index (χ3n) is 3.02. The third kappa shape index (κ3) is 3.41. The molecule has 2 N–H and O–H groups in total. The number of halogens is 1. The van der Waals surface area contributed by atoms with Crippen molar-refractivity contribution >= 4 is 34.5 Å². The summed E-state index contributed by atoms with van der Waals surface area (Å²) in [4.78, 5) is 23.7.